The highest BCUT2D eigenvalue weighted by molar-refractivity contribution is 7.89. The second-order valence-corrected chi connectivity index (χ2v) is 9.33. The van der Waals surface area contributed by atoms with E-state index in [1.807, 2.05) is 24.3 Å². The Morgan fingerprint density at radius 2 is 1.74 bits per heavy atom. The van der Waals surface area contributed by atoms with Crippen LogP contribution in [0.3, 0.4) is 0 Å². The lowest BCUT2D eigenvalue weighted by molar-refractivity contribution is 0.566. The number of anilines is 1. The molecule has 0 aliphatic heterocycles. The van der Waals surface area contributed by atoms with Crippen LogP contribution in [0.25, 0.3) is 21.9 Å². The lowest BCUT2D eigenvalue weighted by Gasteiger charge is -2.12. The molecule has 0 saturated heterocycles. The third-order valence-corrected chi connectivity index (χ3v) is 6.82. The summed E-state index contributed by atoms with van der Waals surface area (Å²) in [4.78, 5) is 9.60. The Morgan fingerprint density at radius 1 is 1.00 bits per heavy atom. The number of pyridine rings is 1. The van der Waals surface area contributed by atoms with Gasteiger partial charge in [0.1, 0.15) is 11.3 Å². The maximum Gasteiger partial charge on any atom is 0.240 e. The fourth-order valence-electron chi connectivity index (χ4n) is 3.80. The lowest BCUT2D eigenvalue weighted by Crippen LogP contribution is -2.25. The van der Waals surface area contributed by atoms with Gasteiger partial charge >= 0.3 is 0 Å². The molecule has 8 heteroatoms. The first kappa shape index (κ1) is 21.3. The van der Waals surface area contributed by atoms with E-state index in [1.54, 1.807) is 30.3 Å². The number of unbranched alkanes of at least 4 members (excludes halogenated alkanes) is 1. The number of para-hydroxylation sites is 1. The Hall–Kier alpha value is -2.97. The lowest BCUT2D eigenvalue weighted by atomic mass is 10.2. The average molecular weight is 438 g/mol. The van der Waals surface area contributed by atoms with E-state index in [1.165, 1.54) is 0 Å². The van der Waals surface area contributed by atoms with Crippen molar-refractivity contribution in [3.8, 4) is 0 Å². The number of imidazole rings is 1. The molecule has 0 atom stereocenters. The zero-order valence-corrected chi connectivity index (χ0v) is 18.4. The summed E-state index contributed by atoms with van der Waals surface area (Å²) in [7, 11) is -3.51. The summed E-state index contributed by atoms with van der Waals surface area (Å²) < 4.78 is 29.8. The minimum absolute atomic E-state index is 0.275. The van der Waals surface area contributed by atoms with Crippen molar-refractivity contribution in [3.63, 3.8) is 0 Å². The number of nitrogens with one attached hydrogen (secondary N) is 1. The maximum absolute atomic E-state index is 12.5. The Morgan fingerprint density at radius 3 is 2.52 bits per heavy atom. The summed E-state index contributed by atoms with van der Waals surface area (Å²) in [5.41, 5.74) is 8.75. The Labute approximate surface area is 182 Å². The predicted octanol–water partition coefficient (Wildman–Crippen LogP) is 3.88. The van der Waals surface area contributed by atoms with Crippen molar-refractivity contribution in [2.75, 3.05) is 12.3 Å². The van der Waals surface area contributed by atoms with E-state index < -0.39 is 10.0 Å². The van der Waals surface area contributed by atoms with Crippen LogP contribution in [0.4, 0.5) is 5.82 Å². The van der Waals surface area contributed by atoms with Gasteiger partial charge in [-0.25, -0.2) is 23.1 Å². The third kappa shape index (κ3) is 4.40. The SMILES string of the molecule is CCCCc1nc2c(N)nc3ccccc3c2n1CCCNS(=O)(=O)c1ccccc1. The number of nitrogen functional groups attached to an aromatic ring is 1. The van der Waals surface area contributed by atoms with Gasteiger partial charge in [0.05, 0.1) is 15.9 Å². The molecule has 0 saturated carbocycles. The summed E-state index contributed by atoms with van der Waals surface area (Å²) in [6, 6.07) is 16.3. The summed E-state index contributed by atoms with van der Waals surface area (Å²) in [5.74, 6) is 1.39. The average Bonchev–Trinajstić information content (AvgIpc) is 3.15. The van der Waals surface area contributed by atoms with Gasteiger partial charge in [0.2, 0.25) is 10.0 Å². The first-order valence-electron chi connectivity index (χ1n) is 10.6. The molecule has 0 aliphatic carbocycles. The summed E-state index contributed by atoms with van der Waals surface area (Å²) in [6.45, 7) is 3.12. The third-order valence-electron chi connectivity index (χ3n) is 5.35. The number of hydrogen-bond donors (Lipinski definition) is 2. The van der Waals surface area contributed by atoms with Crippen molar-refractivity contribution in [2.24, 2.45) is 0 Å². The molecule has 31 heavy (non-hydrogen) atoms. The molecule has 0 amide bonds. The normalized spacial score (nSPS) is 12.0. The van der Waals surface area contributed by atoms with Crippen LogP contribution in [0.2, 0.25) is 0 Å². The van der Waals surface area contributed by atoms with Gasteiger partial charge < -0.3 is 10.3 Å². The maximum atomic E-state index is 12.5. The zero-order valence-electron chi connectivity index (χ0n) is 17.6. The van der Waals surface area contributed by atoms with Crippen LogP contribution in [0.15, 0.2) is 59.5 Å². The van der Waals surface area contributed by atoms with Crippen LogP contribution in [0.5, 0.6) is 0 Å². The van der Waals surface area contributed by atoms with Gasteiger partial charge in [0.25, 0.3) is 0 Å². The first-order chi connectivity index (χ1) is 15.0. The van der Waals surface area contributed by atoms with E-state index in [2.05, 4.69) is 21.2 Å². The number of benzene rings is 2. The van der Waals surface area contributed by atoms with Gasteiger partial charge in [-0.2, -0.15) is 0 Å². The van der Waals surface area contributed by atoms with Crippen molar-refractivity contribution < 1.29 is 8.42 Å². The van der Waals surface area contributed by atoms with E-state index in [-0.39, 0.29) is 4.90 Å². The molecule has 3 N–H and O–H groups in total. The molecule has 2 aromatic heterocycles. The van der Waals surface area contributed by atoms with Gasteiger partial charge in [0, 0.05) is 24.9 Å². The van der Waals surface area contributed by atoms with Gasteiger partial charge in [-0.05, 0) is 31.0 Å². The Balaban J connectivity index is 1.61. The fraction of sp³-hybridized carbons (Fsp3) is 0.304. The highest BCUT2D eigenvalue weighted by atomic mass is 32.2. The molecule has 162 valence electrons. The zero-order chi connectivity index (χ0) is 21.8. The second-order valence-electron chi connectivity index (χ2n) is 7.56. The molecule has 0 unspecified atom stereocenters. The van der Waals surface area contributed by atoms with Crippen molar-refractivity contribution in [1.29, 1.82) is 0 Å². The molecule has 7 nitrogen and oxygen atoms in total. The van der Waals surface area contributed by atoms with Crippen molar-refractivity contribution in [2.45, 2.75) is 44.0 Å². The number of sulfonamides is 1. The van der Waals surface area contributed by atoms with Crippen LogP contribution in [0, 0.1) is 0 Å². The van der Waals surface area contributed by atoms with Crippen molar-refractivity contribution in [1.82, 2.24) is 19.3 Å². The largest absolute Gasteiger partial charge is 0.382 e. The molecule has 0 aliphatic rings. The topological polar surface area (TPSA) is 103 Å². The molecular weight excluding hydrogens is 410 g/mol. The standard InChI is InChI=1S/C23H27N5O2S/c1-2-3-14-20-27-21-22(18-12-7-8-13-19(18)26-23(21)24)28(20)16-9-15-25-31(29,30)17-10-5-4-6-11-17/h4-8,10-13,25H,2-3,9,14-16H2,1H3,(H2,24,26). The number of hydrogen-bond acceptors (Lipinski definition) is 5. The highest BCUT2D eigenvalue weighted by Crippen LogP contribution is 2.29. The first-order valence-corrected chi connectivity index (χ1v) is 12.1. The predicted molar refractivity (Wildman–Crippen MR) is 124 cm³/mol. The Bertz CT molecular complexity index is 1300. The van der Waals surface area contributed by atoms with E-state index in [0.29, 0.717) is 25.3 Å². The van der Waals surface area contributed by atoms with E-state index in [9.17, 15) is 8.42 Å². The van der Waals surface area contributed by atoms with Gasteiger partial charge in [-0.3, -0.25) is 0 Å². The van der Waals surface area contributed by atoms with Crippen LogP contribution >= 0.6 is 0 Å². The number of rotatable bonds is 9. The van der Waals surface area contributed by atoms with Gasteiger partial charge in [-0.1, -0.05) is 49.7 Å². The summed E-state index contributed by atoms with van der Waals surface area (Å²) >= 11 is 0. The molecule has 4 aromatic rings. The molecule has 2 aromatic carbocycles. The van der Waals surface area contributed by atoms with Gasteiger partial charge in [0.15, 0.2) is 5.82 Å². The van der Waals surface area contributed by atoms with Gasteiger partial charge in [-0.15, -0.1) is 0 Å². The highest BCUT2D eigenvalue weighted by Gasteiger charge is 2.17. The number of fused-ring (bicyclic) bond motifs is 3. The van der Waals surface area contributed by atoms with Crippen LogP contribution in [-0.4, -0.2) is 29.5 Å². The number of nitrogens with two attached hydrogens (primary N) is 1. The van der Waals surface area contributed by atoms with Crippen molar-refractivity contribution >= 4 is 37.8 Å². The Kier molecular flexibility index (Phi) is 6.20. The molecule has 0 bridgehead atoms. The number of aryl methyl sites for hydroxylation is 2. The summed E-state index contributed by atoms with van der Waals surface area (Å²) in [5, 5.41) is 1.01. The van der Waals surface area contributed by atoms with Crippen LogP contribution in [-0.2, 0) is 23.0 Å². The molecule has 4 rings (SSSR count). The minimum Gasteiger partial charge on any atom is -0.382 e. The van der Waals surface area contributed by atoms with Crippen molar-refractivity contribution in [3.05, 3.63) is 60.4 Å². The minimum atomic E-state index is -3.51. The molecule has 2 heterocycles. The smallest absolute Gasteiger partial charge is 0.240 e. The van der Waals surface area contributed by atoms with Crippen LogP contribution in [0.1, 0.15) is 32.0 Å². The number of aromatic nitrogens is 3. The summed E-state index contributed by atoms with van der Waals surface area (Å²) in [6.07, 6.45) is 3.56. The van der Waals surface area contributed by atoms with E-state index in [4.69, 9.17) is 10.7 Å². The molecule has 0 fully saturated rings. The second kappa shape index (κ2) is 9.03. The number of nitrogens with zero attached hydrogens (tertiary/aromatic N) is 3. The molecule has 0 radical (unpaired) electrons. The monoisotopic (exact) mass is 437 g/mol. The fourth-order valence-corrected chi connectivity index (χ4v) is 4.89. The molecule has 0 spiro atoms. The van der Waals surface area contributed by atoms with Crippen LogP contribution < -0.4 is 10.5 Å². The van der Waals surface area contributed by atoms with E-state index >= 15 is 0 Å². The molecular formula is C23H27N5O2S. The van der Waals surface area contributed by atoms with E-state index in [0.717, 1.165) is 47.0 Å². The quantitative estimate of drug-likeness (QED) is 0.387.